The molecule has 0 aliphatic carbocycles. The predicted molar refractivity (Wildman–Crippen MR) is 150 cm³/mol. The van der Waals surface area contributed by atoms with Crippen molar-refractivity contribution in [2.24, 2.45) is 5.92 Å². The van der Waals surface area contributed by atoms with Gasteiger partial charge in [-0.1, -0.05) is 26.0 Å². The minimum atomic E-state index is -0.685. The Morgan fingerprint density at radius 3 is 2.74 bits per heavy atom. The van der Waals surface area contributed by atoms with Crippen molar-refractivity contribution in [1.29, 1.82) is 0 Å². The smallest absolute Gasteiger partial charge is 0.416 e. The largest absolute Gasteiger partial charge is 0.443 e. The molecule has 1 amide bonds. The summed E-state index contributed by atoms with van der Waals surface area (Å²) in [4.78, 5) is 22.2. The molecule has 3 heterocycles. The second kappa shape index (κ2) is 11.2. The van der Waals surface area contributed by atoms with E-state index >= 15 is 0 Å². The normalized spacial score (nSPS) is 18.6. The Bertz CT molecular complexity index is 1270. The lowest BCUT2D eigenvalue weighted by Gasteiger charge is -2.33. The van der Waals surface area contributed by atoms with Crippen molar-refractivity contribution in [1.82, 2.24) is 19.5 Å². The van der Waals surface area contributed by atoms with Crippen LogP contribution in [0.3, 0.4) is 0 Å². The van der Waals surface area contributed by atoms with Gasteiger partial charge in [0.15, 0.2) is 5.65 Å². The number of carbonyl (C=O) groups is 1. The Hall–Kier alpha value is -3.37. The number of aliphatic hydroxyl groups is 1. The summed E-state index contributed by atoms with van der Waals surface area (Å²) in [5, 5.41) is 18.6. The minimum absolute atomic E-state index is 0.108. The number of nitrogens with one attached hydrogen (secondary N) is 1. The van der Waals surface area contributed by atoms with Crippen LogP contribution in [0.4, 0.5) is 22.1 Å². The summed E-state index contributed by atoms with van der Waals surface area (Å²) >= 11 is 0. The number of carbonyl (C=O) groups excluding carboxylic acids is 1. The van der Waals surface area contributed by atoms with Crippen LogP contribution in [0.15, 0.2) is 36.5 Å². The first-order valence-electron chi connectivity index (χ1n) is 13.3. The molecule has 2 atom stereocenters. The van der Waals surface area contributed by atoms with E-state index in [1.807, 2.05) is 58.2 Å². The van der Waals surface area contributed by atoms with Gasteiger partial charge in [-0.25, -0.2) is 9.78 Å². The number of anilines is 3. The summed E-state index contributed by atoms with van der Waals surface area (Å²) in [6.45, 7) is 12.1. The predicted octanol–water partition coefficient (Wildman–Crippen LogP) is 4.10. The van der Waals surface area contributed by atoms with Gasteiger partial charge >= 0.3 is 6.09 Å². The topological polar surface area (TPSA) is 121 Å². The van der Waals surface area contributed by atoms with Gasteiger partial charge in [-0.2, -0.15) is 9.61 Å². The van der Waals surface area contributed by atoms with Gasteiger partial charge < -0.3 is 25.8 Å². The molecule has 0 saturated carbocycles. The fourth-order valence-corrected chi connectivity index (χ4v) is 4.70. The number of likely N-dealkylation sites (N-methyl/N-ethyl adjacent to an activating group) is 1. The number of rotatable bonds is 7. The Morgan fingerprint density at radius 1 is 1.32 bits per heavy atom. The Balaban J connectivity index is 1.75. The second-order valence-electron chi connectivity index (χ2n) is 11.6. The number of nitrogens with two attached hydrogens (primary N) is 1. The monoisotopic (exact) mass is 523 g/mol. The van der Waals surface area contributed by atoms with Crippen LogP contribution in [0.2, 0.25) is 0 Å². The van der Waals surface area contributed by atoms with Crippen molar-refractivity contribution >= 4 is 29.1 Å². The summed E-state index contributed by atoms with van der Waals surface area (Å²) in [7, 11) is 2.02. The minimum Gasteiger partial charge on any atom is -0.443 e. The van der Waals surface area contributed by atoms with Crippen molar-refractivity contribution in [3.05, 3.63) is 47.7 Å². The summed E-state index contributed by atoms with van der Waals surface area (Å²) in [5.74, 6) is 1.44. The zero-order valence-corrected chi connectivity index (χ0v) is 23.3. The van der Waals surface area contributed by atoms with Crippen molar-refractivity contribution in [3.63, 3.8) is 0 Å². The highest BCUT2D eigenvalue weighted by Crippen LogP contribution is 2.29. The molecular weight excluding hydrogens is 482 g/mol. The van der Waals surface area contributed by atoms with Crippen LogP contribution < -0.4 is 16.0 Å². The molecule has 10 nitrogen and oxygen atoms in total. The zero-order chi connectivity index (χ0) is 27.6. The van der Waals surface area contributed by atoms with Crippen molar-refractivity contribution in [3.8, 4) is 0 Å². The third-order valence-electron chi connectivity index (χ3n) is 6.75. The maximum atomic E-state index is 13.6. The van der Waals surface area contributed by atoms with Gasteiger partial charge in [0.25, 0.3) is 0 Å². The molecule has 4 N–H and O–H groups in total. The second-order valence-corrected chi connectivity index (χ2v) is 11.6. The molecule has 1 aliphatic rings. The van der Waals surface area contributed by atoms with Gasteiger partial charge in [-0.15, -0.1) is 0 Å². The first-order valence-corrected chi connectivity index (χ1v) is 13.3. The highest BCUT2D eigenvalue weighted by atomic mass is 16.6. The van der Waals surface area contributed by atoms with Gasteiger partial charge in [0, 0.05) is 36.3 Å². The number of hydrogen-bond donors (Lipinski definition) is 3. The quantitative estimate of drug-likeness (QED) is 0.396. The SMILES string of the molecule is CC(C)c1cnn2c(N(Cc3cccc(N)c3)C(=O)OC(C)(C)C)cc(NC[C@H]3CCN(C)C[C@@H]3O)nc12. The maximum absolute atomic E-state index is 13.6. The fraction of sp³-hybridized carbons (Fsp3) is 0.536. The number of amides is 1. The highest BCUT2D eigenvalue weighted by molar-refractivity contribution is 5.88. The Labute approximate surface area is 224 Å². The van der Waals surface area contributed by atoms with E-state index in [0.29, 0.717) is 36.1 Å². The number of hydrogen-bond acceptors (Lipinski definition) is 8. The van der Waals surface area contributed by atoms with Crippen LogP contribution in [0.5, 0.6) is 0 Å². The van der Waals surface area contributed by atoms with Crippen LogP contribution in [-0.2, 0) is 11.3 Å². The van der Waals surface area contributed by atoms with E-state index in [4.69, 9.17) is 15.5 Å². The molecule has 1 fully saturated rings. The molecule has 206 valence electrons. The Morgan fingerprint density at radius 2 is 2.08 bits per heavy atom. The van der Waals surface area contributed by atoms with Crippen molar-refractivity contribution in [2.75, 3.05) is 42.6 Å². The number of fused-ring (bicyclic) bond motifs is 1. The van der Waals surface area contributed by atoms with Crippen LogP contribution in [0, 0.1) is 5.92 Å². The maximum Gasteiger partial charge on any atom is 0.416 e. The van der Waals surface area contributed by atoms with Crippen molar-refractivity contribution < 1.29 is 14.6 Å². The van der Waals surface area contributed by atoms with Gasteiger partial charge in [0.05, 0.1) is 18.8 Å². The van der Waals surface area contributed by atoms with Crippen LogP contribution in [0.1, 0.15) is 58.1 Å². The molecule has 10 heteroatoms. The number of piperidine rings is 1. The van der Waals surface area contributed by atoms with Gasteiger partial charge in [-0.05, 0) is 64.4 Å². The molecule has 0 radical (unpaired) electrons. The molecule has 2 aromatic heterocycles. The van der Waals surface area contributed by atoms with E-state index in [2.05, 4.69) is 29.2 Å². The van der Waals surface area contributed by atoms with E-state index in [1.54, 1.807) is 15.6 Å². The zero-order valence-electron chi connectivity index (χ0n) is 23.3. The van der Waals surface area contributed by atoms with Gasteiger partial charge in [0.2, 0.25) is 0 Å². The lowest BCUT2D eigenvalue weighted by atomic mass is 9.94. The van der Waals surface area contributed by atoms with E-state index in [9.17, 15) is 9.90 Å². The standard InChI is InChI=1S/C28H41N7O3/c1-18(2)22-15-31-35-25(13-24(32-26(22)35)30-14-20-10-11-33(6)17-23(20)36)34(27(37)38-28(3,4)5)16-19-8-7-9-21(29)12-19/h7-9,12-13,15,18,20,23,36H,10-11,14,16-17,29H2,1-6H3,(H,30,32)/t20-,23+/m1/s1. The molecule has 0 spiro atoms. The molecule has 1 aromatic carbocycles. The summed E-state index contributed by atoms with van der Waals surface area (Å²) in [6, 6.07) is 9.27. The molecule has 4 rings (SSSR count). The van der Waals surface area contributed by atoms with E-state index in [-0.39, 0.29) is 18.4 Å². The number of aliphatic hydroxyl groups excluding tert-OH is 1. The number of aromatic nitrogens is 3. The number of nitrogen functional groups attached to an aromatic ring is 1. The van der Waals surface area contributed by atoms with Gasteiger partial charge in [0.1, 0.15) is 17.2 Å². The Kier molecular flexibility index (Phi) is 8.13. The number of benzene rings is 1. The summed E-state index contributed by atoms with van der Waals surface area (Å²) in [5.41, 5.74) is 8.48. The summed E-state index contributed by atoms with van der Waals surface area (Å²) < 4.78 is 7.51. The lowest BCUT2D eigenvalue weighted by molar-refractivity contribution is 0.0379. The average molecular weight is 524 g/mol. The number of likely N-dealkylation sites (tertiary alicyclic amines) is 1. The highest BCUT2D eigenvalue weighted by Gasteiger charge is 2.29. The third kappa shape index (κ3) is 6.54. The molecule has 0 unspecified atom stereocenters. The van der Waals surface area contributed by atoms with Crippen molar-refractivity contribution in [2.45, 2.75) is 65.2 Å². The van der Waals surface area contributed by atoms with E-state index in [1.165, 1.54) is 0 Å². The van der Waals surface area contributed by atoms with Crippen LogP contribution in [-0.4, -0.2) is 69.1 Å². The molecule has 3 aromatic rings. The van der Waals surface area contributed by atoms with E-state index in [0.717, 1.165) is 24.1 Å². The average Bonchev–Trinajstić information content (AvgIpc) is 3.25. The van der Waals surface area contributed by atoms with Crippen LogP contribution >= 0.6 is 0 Å². The lowest BCUT2D eigenvalue weighted by Crippen LogP contribution is -2.44. The van der Waals surface area contributed by atoms with E-state index < -0.39 is 17.8 Å². The van der Waals surface area contributed by atoms with Gasteiger partial charge in [-0.3, -0.25) is 4.90 Å². The third-order valence-corrected chi connectivity index (χ3v) is 6.75. The molecule has 1 aliphatic heterocycles. The molecular formula is C28H41N7O3. The molecule has 38 heavy (non-hydrogen) atoms. The summed E-state index contributed by atoms with van der Waals surface area (Å²) in [6.07, 6.45) is 1.79. The number of β-amino-alcohol motifs (C(OH)–C–C–N with tert-alkyl or cyclic N) is 1. The number of nitrogens with zero attached hydrogens (tertiary/aromatic N) is 5. The first kappa shape index (κ1) is 27.7. The first-order chi connectivity index (χ1) is 17.9. The fourth-order valence-electron chi connectivity index (χ4n) is 4.70. The molecule has 1 saturated heterocycles. The number of ether oxygens (including phenoxy) is 1. The molecule has 0 bridgehead atoms. The van der Waals surface area contributed by atoms with Crippen LogP contribution in [0.25, 0.3) is 5.65 Å².